The van der Waals surface area contributed by atoms with Crippen molar-refractivity contribution in [3.8, 4) is 0 Å². The second kappa shape index (κ2) is 7.88. The summed E-state index contributed by atoms with van der Waals surface area (Å²) in [6.07, 6.45) is 5.40. The zero-order valence-electron chi connectivity index (χ0n) is 15.1. The Labute approximate surface area is 151 Å². The molecular weight excluding hydrogens is 312 g/mol. The number of carbonyl (C=O) groups is 1. The quantitative estimate of drug-likeness (QED) is 0.824. The number of likely N-dealkylation sites (tertiary alicyclic amines) is 2. The number of benzene rings is 1. The Morgan fingerprint density at radius 2 is 1.92 bits per heavy atom. The van der Waals surface area contributed by atoms with Crippen LogP contribution in [-0.4, -0.2) is 61.1 Å². The molecular formula is C21H30N2O2. The number of fused-ring (bicyclic) bond motifs is 1. The maximum absolute atomic E-state index is 12.4. The van der Waals surface area contributed by atoms with Gasteiger partial charge in [0.1, 0.15) is 0 Å². The van der Waals surface area contributed by atoms with E-state index in [1.54, 1.807) is 0 Å². The van der Waals surface area contributed by atoms with Crippen molar-refractivity contribution >= 4 is 5.91 Å². The molecule has 4 heteroatoms. The normalized spacial score (nSPS) is 29.8. The van der Waals surface area contributed by atoms with Gasteiger partial charge in [-0.05, 0) is 43.7 Å². The summed E-state index contributed by atoms with van der Waals surface area (Å²) in [6.45, 7) is 6.15. The lowest BCUT2D eigenvalue weighted by molar-refractivity contribution is -0.133. The summed E-state index contributed by atoms with van der Waals surface area (Å²) in [4.78, 5) is 17.1. The molecule has 4 nitrogen and oxygen atoms in total. The first-order valence-corrected chi connectivity index (χ1v) is 9.95. The number of hydrogen-bond donors (Lipinski definition) is 0. The summed E-state index contributed by atoms with van der Waals surface area (Å²) in [5.74, 6) is 1.51. The Bertz CT molecular complexity index is 571. The first kappa shape index (κ1) is 17.0. The van der Waals surface area contributed by atoms with Crippen molar-refractivity contribution in [1.82, 2.24) is 9.80 Å². The molecule has 3 aliphatic rings. The van der Waals surface area contributed by atoms with Crippen LogP contribution in [0.5, 0.6) is 0 Å². The van der Waals surface area contributed by atoms with E-state index in [0.717, 1.165) is 45.8 Å². The zero-order chi connectivity index (χ0) is 17.1. The summed E-state index contributed by atoms with van der Waals surface area (Å²) < 4.78 is 6.07. The summed E-state index contributed by atoms with van der Waals surface area (Å²) in [5.41, 5.74) is 1.42. The summed E-state index contributed by atoms with van der Waals surface area (Å²) in [5, 5.41) is 0. The Morgan fingerprint density at radius 3 is 2.72 bits per heavy atom. The standard InChI is InChI=1S/C21H30N2O2/c24-21(23-10-4-5-11-23)14-20-19-9-13-22(15-18(19)16-25-20)12-8-17-6-2-1-3-7-17/h1-3,6-7,18-20H,4-5,8-16H2/t18-,19-,20-/m0/s1. The van der Waals surface area contributed by atoms with Gasteiger partial charge in [0, 0.05) is 32.1 Å². The minimum Gasteiger partial charge on any atom is -0.377 e. The van der Waals surface area contributed by atoms with Crippen molar-refractivity contribution in [2.75, 3.05) is 39.3 Å². The molecule has 1 aromatic rings. The average Bonchev–Trinajstić information content (AvgIpc) is 3.31. The molecule has 136 valence electrons. The van der Waals surface area contributed by atoms with E-state index in [1.807, 2.05) is 4.90 Å². The third-order valence-corrected chi connectivity index (χ3v) is 6.27. The predicted molar refractivity (Wildman–Crippen MR) is 98.4 cm³/mol. The predicted octanol–water partition coefficient (Wildman–Crippen LogP) is 2.58. The van der Waals surface area contributed by atoms with Crippen molar-refractivity contribution in [1.29, 1.82) is 0 Å². The number of ether oxygens (including phenoxy) is 1. The van der Waals surface area contributed by atoms with Crippen LogP contribution in [0.2, 0.25) is 0 Å². The van der Waals surface area contributed by atoms with Crippen LogP contribution in [-0.2, 0) is 16.0 Å². The molecule has 0 aliphatic carbocycles. The first-order chi connectivity index (χ1) is 12.3. The third kappa shape index (κ3) is 4.06. The van der Waals surface area contributed by atoms with Crippen molar-refractivity contribution in [3.63, 3.8) is 0 Å². The van der Waals surface area contributed by atoms with Gasteiger partial charge in [-0.2, -0.15) is 0 Å². The summed E-state index contributed by atoms with van der Waals surface area (Å²) in [7, 11) is 0. The van der Waals surface area contributed by atoms with Crippen LogP contribution in [0.1, 0.15) is 31.2 Å². The minimum absolute atomic E-state index is 0.161. The second-order valence-corrected chi connectivity index (χ2v) is 7.91. The van der Waals surface area contributed by atoms with Crippen LogP contribution in [0.3, 0.4) is 0 Å². The van der Waals surface area contributed by atoms with E-state index in [4.69, 9.17) is 4.74 Å². The molecule has 0 saturated carbocycles. The number of hydrogen-bond acceptors (Lipinski definition) is 3. The van der Waals surface area contributed by atoms with Crippen LogP contribution >= 0.6 is 0 Å². The van der Waals surface area contributed by atoms with Gasteiger partial charge in [0.15, 0.2) is 0 Å². The van der Waals surface area contributed by atoms with Gasteiger partial charge in [0.05, 0.1) is 19.1 Å². The lowest BCUT2D eigenvalue weighted by Crippen LogP contribution is -2.43. The topological polar surface area (TPSA) is 32.8 Å². The van der Waals surface area contributed by atoms with Gasteiger partial charge >= 0.3 is 0 Å². The van der Waals surface area contributed by atoms with Gasteiger partial charge in [-0.15, -0.1) is 0 Å². The molecule has 3 heterocycles. The molecule has 0 spiro atoms. The second-order valence-electron chi connectivity index (χ2n) is 7.91. The van der Waals surface area contributed by atoms with Crippen LogP contribution in [0, 0.1) is 11.8 Å². The first-order valence-electron chi connectivity index (χ1n) is 9.95. The van der Waals surface area contributed by atoms with E-state index in [1.165, 1.54) is 24.8 Å². The van der Waals surface area contributed by atoms with Crippen molar-refractivity contribution < 1.29 is 9.53 Å². The van der Waals surface area contributed by atoms with Crippen LogP contribution < -0.4 is 0 Å². The number of amides is 1. The highest BCUT2D eigenvalue weighted by Crippen LogP contribution is 2.36. The fourth-order valence-corrected chi connectivity index (χ4v) is 4.78. The van der Waals surface area contributed by atoms with Crippen LogP contribution in [0.4, 0.5) is 0 Å². The average molecular weight is 342 g/mol. The maximum atomic E-state index is 12.4. The molecule has 25 heavy (non-hydrogen) atoms. The zero-order valence-corrected chi connectivity index (χ0v) is 15.1. The Kier molecular flexibility index (Phi) is 5.37. The molecule has 4 rings (SSSR count). The van der Waals surface area contributed by atoms with E-state index >= 15 is 0 Å². The number of nitrogens with zero attached hydrogens (tertiary/aromatic N) is 2. The monoisotopic (exact) mass is 342 g/mol. The molecule has 0 aromatic heterocycles. The highest BCUT2D eigenvalue weighted by molar-refractivity contribution is 5.77. The smallest absolute Gasteiger partial charge is 0.225 e. The van der Waals surface area contributed by atoms with E-state index in [0.29, 0.717) is 24.2 Å². The molecule has 3 fully saturated rings. The Morgan fingerprint density at radius 1 is 1.12 bits per heavy atom. The molecule has 3 saturated heterocycles. The molecule has 0 unspecified atom stereocenters. The van der Waals surface area contributed by atoms with Gasteiger partial charge in [0.2, 0.25) is 5.91 Å². The molecule has 0 radical (unpaired) electrons. The van der Waals surface area contributed by atoms with Crippen molar-refractivity contribution in [2.24, 2.45) is 11.8 Å². The molecule has 3 atom stereocenters. The molecule has 1 aromatic carbocycles. The maximum Gasteiger partial charge on any atom is 0.225 e. The van der Waals surface area contributed by atoms with Gasteiger partial charge in [-0.1, -0.05) is 30.3 Å². The fraction of sp³-hybridized carbons (Fsp3) is 0.667. The van der Waals surface area contributed by atoms with Crippen molar-refractivity contribution in [2.45, 2.75) is 38.2 Å². The summed E-state index contributed by atoms with van der Waals surface area (Å²) >= 11 is 0. The third-order valence-electron chi connectivity index (χ3n) is 6.27. The van der Waals surface area contributed by atoms with Gasteiger partial charge in [-0.3, -0.25) is 4.79 Å². The minimum atomic E-state index is 0.161. The van der Waals surface area contributed by atoms with E-state index in [2.05, 4.69) is 35.2 Å². The lowest BCUT2D eigenvalue weighted by Gasteiger charge is -2.35. The Balaban J connectivity index is 1.25. The highest BCUT2D eigenvalue weighted by atomic mass is 16.5. The van der Waals surface area contributed by atoms with Crippen LogP contribution in [0.25, 0.3) is 0 Å². The molecule has 1 amide bonds. The van der Waals surface area contributed by atoms with Crippen molar-refractivity contribution in [3.05, 3.63) is 35.9 Å². The van der Waals surface area contributed by atoms with Gasteiger partial charge in [0.25, 0.3) is 0 Å². The highest BCUT2D eigenvalue weighted by Gasteiger charge is 2.41. The number of rotatable bonds is 5. The molecule has 3 aliphatic heterocycles. The Hall–Kier alpha value is -1.39. The SMILES string of the molecule is O=C(C[C@@H]1OC[C@@H]2CN(CCc3ccccc3)CC[C@@H]21)N1CCCC1. The van der Waals surface area contributed by atoms with Gasteiger partial charge < -0.3 is 14.5 Å². The number of carbonyl (C=O) groups excluding carboxylic acids is 1. The molecule has 0 bridgehead atoms. The fourth-order valence-electron chi connectivity index (χ4n) is 4.78. The lowest BCUT2D eigenvalue weighted by atomic mass is 9.83. The van der Waals surface area contributed by atoms with E-state index in [-0.39, 0.29) is 6.10 Å². The molecule has 0 N–H and O–H groups in total. The van der Waals surface area contributed by atoms with E-state index < -0.39 is 0 Å². The van der Waals surface area contributed by atoms with Crippen LogP contribution in [0.15, 0.2) is 30.3 Å². The summed E-state index contributed by atoms with van der Waals surface area (Å²) in [6, 6.07) is 10.7. The number of piperidine rings is 1. The van der Waals surface area contributed by atoms with Gasteiger partial charge in [-0.25, -0.2) is 0 Å². The van der Waals surface area contributed by atoms with E-state index in [9.17, 15) is 4.79 Å². The largest absolute Gasteiger partial charge is 0.377 e.